The third-order valence-electron chi connectivity index (χ3n) is 1.48. The average molecular weight is 211 g/mol. The van der Waals surface area contributed by atoms with Crippen molar-refractivity contribution in [2.24, 2.45) is 4.99 Å². The van der Waals surface area contributed by atoms with Crippen molar-refractivity contribution in [1.29, 1.82) is 0 Å². The number of nitrogens with one attached hydrogen (secondary N) is 2. The first-order valence-electron chi connectivity index (χ1n) is 4.24. The molecule has 0 aromatic rings. The highest BCUT2D eigenvalue weighted by atomic mass is 19.4. The van der Waals surface area contributed by atoms with E-state index in [1.807, 2.05) is 0 Å². The van der Waals surface area contributed by atoms with Crippen molar-refractivity contribution in [3.05, 3.63) is 0 Å². The second kappa shape index (κ2) is 5.04. The number of hydrogen-bond donors (Lipinski definition) is 2. The zero-order valence-electron chi connectivity index (χ0n) is 7.52. The topological polar surface area (TPSA) is 45.6 Å². The summed E-state index contributed by atoms with van der Waals surface area (Å²) in [5, 5.41) is 5.74. The van der Waals surface area contributed by atoms with Gasteiger partial charge in [0.2, 0.25) is 0 Å². The van der Waals surface area contributed by atoms with Crippen molar-refractivity contribution >= 4 is 5.96 Å². The molecule has 0 amide bonds. The van der Waals surface area contributed by atoms with Gasteiger partial charge in [0.1, 0.15) is 6.61 Å². The Balaban J connectivity index is 1.94. The number of alkyl halides is 3. The molecule has 1 aliphatic heterocycles. The maximum absolute atomic E-state index is 11.6. The Hall–Kier alpha value is -0.980. The van der Waals surface area contributed by atoms with Gasteiger partial charge in [-0.1, -0.05) is 0 Å². The number of nitrogens with zero attached hydrogens (tertiary/aromatic N) is 1. The Morgan fingerprint density at radius 1 is 1.50 bits per heavy atom. The summed E-state index contributed by atoms with van der Waals surface area (Å²) in [6.45, 7) is 0.605. The van der Waals surface area contributed by atoms with Gasteiger partial charge in [0.05, 0.1) is 13.2 Å². The van der Waals surface area contributed by atoms with Gasteiger partial charge in [-0.2, -0.15) is 13.2 Å². The number of guanidine groups is 1. The van der Waals surface area contributed by atoms with Gasteiger partial charge < -0.3 is 15.4 Å². The lowest BCUT2D eigenvalue weighted by atomic mass is 10.6. The van der Waals surface area contributed by atoms with Crippen molar-refractivity contribution in [2.75, 3.05) is 32.8 Å². The van der Waals surface area contributed by atoms with E-state index < -0.39 is 12.8 Å². The minimum Gasteiger partial charge on any atom is -0.370 e. The molecule has 4 nitrogen and oxygen atoms in total. The van der Waals surface area contributed by atoms with Gasteiger partial charge in [0.25, 0.3) is 0 Å². The van der Waals surface area contributed by atoms with E-state index in [1.165, 1.54) is 0 Å². The molecule has 0 atom stereocenters. The number of halogens is 3. The number of hydrogen-bond acceptors (Lipinski definition) is 4. The SMILES string of the molecule is FC(F)(F)COCCNC1=NCCN1. The fourth-order valence-corrected chi connectivity index (χ4v) is 0.946. The smallest absolute Gasteiger partial charge is 0.370 e. The molecular formula is C7H12F3N3O. The molecule has 82 valence electrons. The summed E-state index contributed by atoms with van der Waals surface area (Å²) in [7, 11) is 0. The van der Waals surface area contributed by atoms with Crippen LogP contribution in [0.25, 0.3) is 0 Å². The van der Waals surface area contributed by atoms with E-state index in [-0.39, 0.29) is 6.61 Å². The molecule has 0 radical (unpaired) electrons. The van der Waals surface area contributed by atoms with Crippen LogP contribution in [0.5, 0.6) is 0 Å². The average Bonchev–Trinajstić information content (AvgIpc) is 2.54. The van der Waals surface area contributed by atoms with E-state index >= 15 is 0 Å². The van der Waals surface area contributed by atoms with Gasteiger partial charge in [0.15, 0.2) is 5.96 Å². The standard InChI is InChI=1S/C7H12F3N3O/c8-7(9,10)5-14-4-3-13-6-11-1-2-12-6/h1-5H2,(H2,11,12,13). The quantitative estimate of drug-likeness (QED) is 0.649. The van der Waals surface area contributed by atoms with Crippen LogP contribution in [0.1, 0.15) is 0 Å². The molecule has 1 heterocycles. The van der Waals surface area contributed by atoms with Crippen molar-refractivity contribution in [1.82, 2.24) is 10.6 Å². The summed E-state index contributed by atoms with van der Waals surface area (Å²) in [6, 6.07) is 0. The van der Waals surface area contributed by atoms with Crippen LogP contribution in [0, 0.1) is 0 Å². The monoisotopic (exact) mass is 211 g/mol. The van der Waals surface area contributed by atoms with Crippen molar-refractivity contribution in [3.8, 4) is 0 Å². The highest BCUT2D eigenvalue weighted by Gasteiger charge is 2.27. The zero-order valence-corrected chi connectivity index (χ0v) is 7.52. The molecule has 0 fully saturated rings. The second-order valence-corrected chi connectivity index (χ2v) is 2.75. The molecule has 14 heavy (non-hydrogen) atoms. The summed E-state index contributed by atoms with van der Waals surface area (Å²) < 4.78 is 39.2. The lowest BCUT2D eigenvalue weighted by Crippen LogP contribution is -2.36. The van der Waals surface area contributed by atoms with Crippen LogP contribution >= 0.6 is 0 Å². The third kappa shape index (κ3) is 4.90. The lowest BCUT2D eigenvalue weighted by molar-refractivity contribution is -0.173. The number of rotatable bonds is 4. The highest BCUT2D eigenvalue weighted by Crippen LogP contribution is 2.13. The minimum atomic E-state index is -4.25. The largest absolute Gasteiger partial charge is 0.411 e. The first-order chi connectivity index (χ1) is 6.58. The molecule has 0 aromatic carbocycles. The van der Waals surface area contributed by atoms with Crippen molar-refractivity contribution in [3.63, 3.8) is 0 Å². The summed E-state index contributed by atoms with van der Waals surface area (Å²) >= 11 is 0. The van der Waals surface area contributed by atoms with Gasteiger partial charge in [-0.05, 0) is 0 Å². The molecule has 7 heteroatoms. The molecule has 0 saturated carbocycles. The lowest BCUT2D eigenvalue weighted by Gasteiger charge is -2.08. The molecule has 1 aliphatic rings. The Kier molecular flexibility index (Phi) is 3.99. The molecule has 0 saturated heterocycles. The van der Waals surface area contributed by atoms with Crippen molar-refractivity contribution in [2.45, 2.75) is 6.18 Å². The zero-order chi connectivity index (χ0) is 10.4. The van der Waals surface area contributed by atoms with Crippen LogP contribution in [0.15, 0.2) is 4.99 Å². The summed E-state index contributed by atoms with van der Waals surface area (Å²) in [6.07, 6.45) is -4.25. The maximum Gasteiger partial charge on any atom is 0.411 e. The van der Waals surface area contributed by atoms with E-state index in [2.05, 4.69) is 20.4 Å². The Bertz CT molecular complexity index is 205. The molecule has 0 aliphatic carbocycles. The molecular weight excluding hydrogens is 199 g/mol. The summed E-state index contributed by atoms with van der Waals surface area (Å²) in [5.74, 6) is 0.626. The highest BCUT2D eigenvalue weighted by molar-refractivity contribution is 5.81. The van der Waals surface area contributed by atoms with Crippen LogP contribution in [0.4, 0.5) is 13.2 Å². The van der Waals surface area contributed by atoms with Crippen LogP contribution in [0.3, 0.4) is 0 Å². The van der Waals surface area contributed by atoms with Gasteiger partial charge in [-0.25, -0.2) is 0 Å². The Labute approximate surface area is 79.5 Å². The summed E-state index contributed by atoms with van der Waals surface area (Å²) in [4.78, 5) is 4.00. The Morgan fingerprint density at radius 2 is 2.29 bits per heavy atom. The molecule has 0 unspecified atom stereocenters. The first-order valence-corrected chi connectivity index (χ1v) is 4.24. The molecule has 0 aromatic heterocycles. The van der Waals surface area contributed by atoms with Gasteiger partial charge >= 0.3 is 6.18 Å². The van der Waals surface area contributed by atoms with Crippen LogP contribution in [-0.2, 0) is 4.74 Å². The molecule has 1 rings (SSSR count). The third-order valence-corrected chi connectivity index (χ3v) is 1.48. The van der Waals surface area contributed by atoms with E-state index in [4.69, 9.17) is 0 Å². The molecule has 2 N–H and O–H groups in total. The first kappa shape index (κ1) is 11.1. The van der Waals surface area contributed by atoms with E-state index in [1.54, 1.807) is 0 Å². The van der Waals surface area contributed by atoms with E-state index in [9.17, 15) is 13.2 Å². The predicted octanol–water partition coefficient (Wildman–Crippen LogP) is 0.114. The number of aliphatic imine (C=N–C) groups is 1. The minimum absolute atomic E-state index is 0.0141. The normalized spacial score (nSPS) is 16.4. The molecule has 0 spiro atoms. The fourth-order valence-electron chi connectivity index (χ4n) is 0.946. The van der Waals surface area contributed by atoms with Crippen LogP contribution in [0.2, 0.25) is 0 Å². The summed E-state index contributed by atoms with van der Waals surface area (Å²) in [5.41, 5.74) is 0. The fraction of sp³-hybridized carbons (Fsp3) is 0.857. The van der Waals surface area contributed by atoms with Gasteiger partial charge in [-0.3, -0.25) is 4.99 Å². The predicted molar refractivity (Wildman–Crippen MR) is 45.2 cm³/mol. The second-order valence-electron chi connectivity index (χ2n) is 2.75. The molecule has 0 bridgehead atoms. The van der Waals surface area contributed by atoms with E-state index in [0.717, 1.165) is 6.54 Å². The maximum atomic E-state index is 11.6. The van der Waals surface area contributed by atoms with Gasteiger partial charge in [0, 0.05) is 13.1 Å². The number of ether oxygens (including phenoxy) is 1. The van der Waals surface area contributed by atoms with Crippen LogP contribution in [-0.4, -0.2) is 45.0 Å². The van der Waals surface area contributed by atoms with Gasteiger partial charge in [-0.15, -0.1) is 0 Å². The Morgan fingerprint density at radius 3 is 2.86 bits per heavy atom. The van der Waals surface area contributed by atoms with Crippen molar-refractivity contribution < 1.29 is 17.9 Å². The van der Waals surface area contributed by atoms with E-state index in [0.29, 0.717) is 19.0 Å². The van der Waals surface area contributed by atoms with Crippen LogP contribution < -0.4 is 10.6 Å².